The largest absolute Gasteiger partial charge is 0.480 e. The Morgan fingerprint density at radius 1 is 1.30 bits per heavy atom. The van der Waals surface area contributed by atoms with E-state index in [1.165, 1.54) is 11.3 Å². The molecule has 0 spiro atoms. The Hall–Kier alpha value is -2.27. The number of fused-ring (bicyclic) bond motifs is 1. The molecule has 5 heteroatoms. The normalized spacial score (nSPS) is 12.4. The molecule has 3 aromatic rings. The van der Waals surface area contributed by atoms with Crippen molar-refractivity contribution in [3.05, 3.63) is 53.5 Å². The predicted octanol–water partition coefficient (Wildman–Crippen LogP) is 3.34. The van der Waals surface area contributed by atoms with Gasteiger partial charge in [0.1, 0.15) is 6.04 Å². The summed E-state index contributed by atoms with van der Waals surface area (Å²) < 4.78 is 0. The summed E-state index contributed by atoms with van der Waals surface area (Å²) in [6.07, 6.45) is 2.33. The molecular formula is C15H14N2O2S. The third-order valence-corrected chi connectivity index (χ3v) is 4.04. The van der Waals surface area contributed by atoms with Crippen LogP contribution in [0, 0.1) is 0 Å². The zero-order valence-corrected chi connectivity index (χ0v) is 11.5. The van der Waals surface area contributed by atoms with Gasteiger partial charge < -0.3 is 15.4 Å². The molecule has 4 nitrogen and oxygen atoms in total. The molecule has 0 aliphatic heterocycles. The SMILES string of the molecule is O=C(O)C(Cc1c[nH]c2ccccc12)Nc1cccs1. The molecule has 1 aromatic carbocycles. The zero-order valence-electron chi connectivity index (χ0n) is 10.7. The summed E-state index contributed by atoms with van der Waals surface area (Å²) in [7, 11) is 0. The van der Waals surface area contributed by atoms with Gasteiger partial charge in [0.2, 0.25) is 0 Å². The molecule has 0 fully saturated rings. The van der Waals surface area contributed by atoms with Crippen LogP contribution in [0.3, 0.4) is 0 Å². The Morgan fingerprint density at radius 2 is 2.15 bits per heavy atom. The average Bonchev–Trinajstić information content (AvgIpc) is 3.08. The van der Waals surface area contributed by atoms with Gasteiger partial charge in [-0.15, -0.1) is 11.3 Å². The second-order valence-corrected chi connectivity index (χ2v) is 5.52. The second-order valence-electron chi connectivity index (χ2n) is 4.58. The summed E-state index contributed by atoms with van der Waals surface area (Å²) in [5.41, 5.74) is 2.04. The fourth-order valence-corrected chi connectivity index (χ4v) is 2.92. The van der Waals surface area contributed by atoms with Crippen LogP contribution in [0.5, 0.6) is 0 Å². The number of H-pyrrole nitrogens is 1. The van der Waals surface area contributed by atoms with Crippen molar-refractivity contribution in [3.8, 4) is 0 Å². The van der Waals surface area contributed by atoms with Crippen LogP contribution in [-0.2, 0) is 11.2 Å². The minimum Gasteiger partial charge on any atom is -0.480 e. The number of hydrogen-bond acceptors (Lipinski definition) is 3. The molecular weight excluding hydrogens is 272 g/mol. The van der Waals surface area contributed by atoms with E-state index in [0.717, 1.165) is 21.5 Å². The van der Waals surface area contributed by atoms with E-state index in [-0.39, 0.29) is 0 Å². The number of carbonyl (C=O) groups is 1. The molecule has 102 valence electrons. The first-order valence-electron chi connectivity index (χ1n) is 6.32. The van der Waals surface area contributed by atoms with Crippen molar-refractivity contribution in [3.63, 3.8) is 0 Å². The highest BCUT2D eigenvalue weighted by Crippen LogP contribution is 2.22. The van der Waals surface area contributed by atoms with Gasteiger partial charge in [-0.05, 0) is 29.1 Å². The van der Waals surface area contributed by atoms with Crippen LogP contribution in [0.4, 0.5) is 5.00 Å². The van der Waals surface area contributed by atoms with Crippen LogP contribution < -0.4 is 5.32 Å². The number of nitrogens with one attached hydrogen (secondary N) is 2. The van der Waals surface area contributed by atoms with Crippen molar-refractivity contribution < 1.29 is 9.90 Å². The van der Waals surface area contributed by atoms with Crippen LogP contribution in [0.15, 0.2) is 48.0 Å². The Labute approximate surface area is 120 Å². The molecule has 1 unspecified atom stereocenters. The van der Waals surface area contributed by atoms with Crippen molar-refractivity contribution in [2.75, 3.05) is 5.32 Å². The highest BCUT2D eigenvalue weighted by molar-refractivity contribution is 7.14. The number of aliphatic carboxylic acids is 1. The van der Waals surface area contributed by atoms with E-state index in [9.17, 15) is 9.90 Å². The molecule has 0 saturated carbocycles. The van der Waals surface area contributed by atoms with E-state index in [2.05, 4.69) is 10.3 Å². The number of aromatic amines is 1. The lowest BCUT2D eigenvalue weighted by Gasteiger charge is -2.13. The van der Waals surface area contributed by atoms with Crippen molar-refractivity contribution in [2.24, 2.45) is 0 Å². The van der Waals surface area contributed by atoms with E-state index in [1.54, 1.807) is 0 Å². The summed E-state index contributed by atoms with van der Waals surface area (Å²) in [5, 5.41) is 16.3. The Bertz CT molecular complexity index is 718. The number of carboxylic acid groups (broad SMARTS) is 1. The lowest BCUT2D eigenvalue weighted by atomic mass is 10.1. The van der Waals surface area contributed by atoms with Gasteiger partial charge in [0.15, 0.2) is 0 Å². The Kier molecular flexibility index (Phi) is 3.43. The Morgan fingerprint density at radius 3 is 2.90 bits per heavy atom. The summed E-state index contributed by atoms with van der Waals surface area (Å²) in [5.74, 6) is -0.844. The summed E-state index contributed by atoms with van der Waals surface area (Å²) in [6, 6.07) is 11.1. The van der Waals surface area contributed by atoms with E-state index in [4.69, 9.17) is 0 Å². The van der Waals surface area contributed by atoms with Crippen LogP contribution >= 0.6 is 11.3 Å². The number of aromatic nitrogens is 1. The standard InChI is InChI=1S/C15H14N2O2S/c18-15(19)13(17-14-6-3-7-20-14)8-10-9-16-12-5-2-1-4-11(10)12/h1-7,9,13,16-17H,8H2,(H,18,19). The smallest absolute Gasteiger partial charge is 0.326 e. The zero-order chi connectivity index (χ0) is 13.9. The van der Waals surface area contributed by atoms with Crippen LogP contribution in [0.2, 0.25) is 0 Å². The second kappa shape index (κ2) is 5.38. The molecule has 0 bridgehead atoms. The van der Waals surface area contributed by atoms with Gasteiger partial charge in [-0.3, -0.25) is 0 Å². The van der Waals surface area contributed by atoms with Gasteiger partial charge >= 0.3 is 5.97 Å². The van der Waals surface area contributed by atoms with Crippen LogP contribution in [-0.4, -0.2) is 22.1 Å². The highest BCUT2D eigenvalue weighted by Gasteiger charge is 2.19. The number of benzene rings is 1. The van der Waals surface area contributed by atoms with Crippen molar-refractivity contribution >= 4 is 33.2 Å². The molecule has 20 heavy (non-hydrogen) atoms. The molecule has 0 saturated heterocycles. The van der Waals surface area contributed by atoms with Gasteiger partial charge in [0.25, 0.3) is 0 Å². The third-order valence-electron chi connectivity index (χ3n) is 3.23. The first-order chi connectivity index (χ1) is 9.74. The van der Waals surface area contributed by atoms with E-state index < -0.39 is 12.0 Å². The molecule has 1 atom stereocenters. The number of anilines is 1. The first-order valence-corrected chi connectivity index (χ1v) is 7.20. The number of para-hydroxylation sites is 1. The van der Waals surface area contributed by atoms with Crippen LogP contribution in [0.1, 0.15) is 5.56 Å². The van der Waals surface area contributed by atoms with Gasteiger partial charge in [0.05, 0.1) is 5.00 Å². The van der Waals surface area contributed by atoms with Gasteiger partial charge in [-0.2, -0.15) is 0 Å². The quantitative estimate of drug-likeness (QED) is 0.674. The number of hydrogen-bond donors (Lipinski definition) is 3. The van der Waals surface area contributed by atoms with E-state index in [1.807, 2.05) is 48.0 Å². The highest BCUT2D eigenvalue weighted by atomic mass is 32.1. The summed E-state index contributed by atoms with van der Waals surface area (Å²) in [6.45, 7) is 0. The number of thiophene rings is 1. The maximum atomic E-state index is 11.4. The van der Waals surface area contributed by atoms with Crippen molar-refractivity contribution in [1.29, 1.82) is 0 Å². The predicted molar refractivity (Wildman–Crippen MR) is 81.4 cm³/mol. The molecule has 0 radical (unpaired) electrons. The van der Waals surface area contributed by atoms with Crippen molar-refractivity contribution in [2.45, 2.75) is 12.5 Å². The lowest BCUT2D eigenvalue weighted by molar-refractivity contribution is -0.137. The lowest BCUT2D eigenvalue weighted by Crippen LogP contribution is -2.31. The topological polar surface area (TPSA) is 65.1 Å². The average molecular weight is 286 g/mol. The molecule has 0 aliphatic rings. The molecule has 2 heterocycles. The van der Waals surface area contributed by atoms with E-state index in [0.29, 0.717) is 6.42 Å². The monoisotopic (exact) mass is 286 g/mol. The molecule has 3 rings (SSSR count). The summed E-state index contributed by atoms with van der Waals surface area (Å²) >= 11 is 1.50. The third kappa shape index (κ3) is 2.53. The number of carboxylic acids is 1. The van der Waals surface area contributed by atoms with E-state index >= 15 is 0 Å². The van der Waals surface area contributed by atoms with Gasteiger partial charge in [-0.25, -0.2) is 4.79 Å². The Balaban J connectivity index is 1.84. The molecule has 0 amide bonds. The minimum absolute atomic E-state index is 0.442. The fourth-order valence-electron chi connectivity index (χ4n) is 2.25. The number of rotatable bonds is 5. The van der Waals surface area contributed by atoms with Crippen molar-refractivity contribution in [1.82, 2.24) is 4.98 Å². The maximum Gasteiger partial charge on any atom is 0.326 e. The molecule has 2 aromatic heterocycles. The summed E-state index contributed by atoms with van der Waals surface area (Å²) in [4.78, 5) is 14.6. The fraction of sp³-hybridized carbons (Fsp3) is 0.133. The molecule has 0 aliphatic carbocycles. The van der Waals surface area contributed by atoms with Crippen LogP contribution in [0.25, 0.3) is 10.9 Å². The van der Waals surface area contributed by atoms with Gasteiger partial charge in [0, 0.05) is 23.5 Å². The minimum atomic E-state index is -0.844. The first kappa shape index (κ1) is 12.7. The maximum absolute atomic E-state index is 11.4. The molecule has 3 N–H and O–H groups in total. The van der Waals surface area contributed by atoms with Gasteiger partial charge in [-0.1, -0.05) is 18.2 Å².